The van der Waals surface area contributed by atoms with Gasteiger partial charge < -0.3 is 4.90 Å². The van der Waals surface area contributed by atoms with E-state index in [2.05, 4.69) is 0 Å². The molecule has 116 valence electrons. The van der Waals surface area contributed by atoms with E-state index in [9.17, 15) is 18.0 Å². The van der Waals surface area contributed by atoms with Crippen LogP contribution in [0.15, 0.2) is 35.7 Å². The van der Waals surface area contributed by atoms with E-state index in [1.165, 1.54) is 17.0 Å². The normalized spacial score (nSPS) is 18.2. The first-order chi connectivity index (χ1) is 10.4. The van der Waals surface area contributed by atoms with Crippen molar-refractivity contribution in [1.29, 1.82) is 0 Å². The largest absolute Gasteiger partial charge is 0.416 e. The Bertz CT molecular complexity index is 690. The molecular formula is C16H14F3NOS. The van der Waals surface area contributed by atoms with Crippen molar-refractivity contribution in [1.82, 2.24) is 4.90 Å². The summed E-state index contributed by atoms with van der Waals surface area (Å²) >= 11 is 1.68. The van der Waals surface area contributed by atoms with Crippen LogP contribution in [0.4, 0.5) is 13.2 Å². The molecule has 0 bridgehead atoms. The Morgan fingerprint density at radius 2 is 1.91 bits per heavy atom. The van der Waals surface area contributed by atoms with Gasteiger partial charge in [-0.15, -0.1) is 11.3 Å². The predicted octanol–water partition coefficient (Wildman–Crippen LogP) is 4.53. The van der Waals surface area contributed by atoms with Gasteiger partial charge in [-0.05, 0) is 54.6 Å². The number of fused-ring (bicyclic) bond motifs is 1. The fourth-order valence-corrected chi connectivity index (χ4v) is 3.72. The Hall–Kier alpha value is -1.82. The number of carbonyl (C=O) groups is 1. The summed E-state index contributed by atoms with van der Waals surface area (Å²) in [6.07, 6.45) is -3.59. The van der Waals surface area contributed by atoms with Crippen LogP contribution in [0.25, 0.3) is 0 Å². The molecule has 1 aliphatic rings. The second kappa shape index (κ2) is 5.43. The molecule has 0 spiro atoms. The first-order valence-corrected chi connectivity index (χ1v) is 7.80. The maximum absolute atomic E-state index is 12.6. The van der Waals surface area contributed by atoms with Crippen molar-refractivity contribution in [3.63, 3.8) is 0 Å². The summed E-state index contributed by atoms with van der Waals surface area (Å²) < 4.78 is 37.7. The van der Waals surface area contributed by atoms with E-state index < -0.39 is 11.7 Å². The lowest BCUT2D eigenvalue weighted by Gasteiger charge is -2.33. The number of nitrogens with zero attached hydrogens (tertiary/aromatic N) is 1. The molecule has 6 heteroatoms. The second-order valence-corrected chi connectivity index (χ2v) is 6.30. The minimum absolute atomic E-state index is 0.0511. The lowest BCUT2D eigenvalue weighted by atomic mass is 10.00. The fourth-order valence-electron chi connectivity index (χ4n) is 2.75. The van der Waals surface area contributed by atoms with Crippen LogP contribution >= 0.6 is 11.3 Å². The van der Waals surface area contributed by atoms with Gasteiger partial charge in [0.1, 0.15) is 0 Å². The number of hydrogen-bond acceptors (Lipinski definition) is 2. The molecule has 0 saturated heterocycles. The summed E-state index contributed by atoms with van der Waals surface area (Å²) in [5, 5.41) is 2.01. The average Bonchev–Trinajstić information content (AvgIpc) is 2.96. The molecule has 0 N–H and O–H groups in total. The number of rotatable bonds is 1. The Morgan fingerprint density at radius 1 is 1.23 bits per heavy atom. The van der Waals surface area contributed by atoms with Crippen molar-refractivity contribution in [2.75, 3.05) is 6.54 Å². The van der Waals surface area contributed by atoms with E-state index in [4.69, 9.17) is 0 Å². The smallest absolute Gasteiger partial charge is 0.331 e. The fraction of sp³-hybridized carbons (Fsp3) is 0.312. The average molecular weight is 325 g/mol. The molecule has 0 radical (unpaired) electrons. The zero-order chi connectivity index (χ0) is 15.9. The quantitative estimate of drug-likeness (QED) is 0.754. The molecule has 3 rings (SSSR count). The molecular weight excluding hydrogens is 311 g/mol. The van der Waals surface area contributed by atoms with Crippen LogP contribution in [0.3, 0.4) is 0 Å². The molecule has 1 atom stereocenters. The van der Waals surface area contributed by atoms with E-state index in [0.717, 1.165) is 24.1 Å². The van der Waals surface area contributed by atoms with Gasteiger partial charge in [0.2, 0.25) is 0 Å². The highest BCUT2D eigenvalue weighted by Crippen LogP contribution is 2.34. The minimum atomic E-state index is -4.38. The zero-order valence-electron chi connectivity index (χ0n) is 11.9. The van der Waals surface area contributed by atoms with Crippen molar-refractivity contribution in [2.24, 2.45) is 0 Å². The highest BCUT2D eigenvalue weighted by Gasteiger charge is 2.32. The maximum atomic E-state index is 12.6. The molecule has 0 saturated carbocycles. The van der Waals surface area contributed by atoms with Crippen molar-refractivity contribution < 1.29 is 18.0 Å². The van der Waals surface area contributed by atoms with Gasteiger partial charge in [0.15, 0.2) is 0 Å². The first-order valence-electron chi connectivity index (χ1n) is 6.92. The number of hydrogen-bond donors (Lipinski definition) is 0. The number of benzene rings is 1. The van der Waals surface area contributed by atoms with E-state index in [1.807, 2.05) is 18.4 Å². The molecule has 22 heavy (non-hydrogen) atoms. The summed E-state index contributed by atoms with van der Waals surface area (Å²) in [6, 6.07) is 6.37. The number of thiophene rings is 1. The second-order valence-electron chi connectivity index (χ2n) is 5.30. The topological polar surface area (TPSA) is 20.3 Å². The van der Waals surface area contributed by atoms with Crippen molar-refractivity contribution in [3.8, 4) is 0 Å². The van der Waals surface area contributed by atoms with Gasteiger partial charge in [0.25, 0.3) is 5.91 Å². The van der Waals surface area contributed by atoms with Crippen LogP contribution in [0, 0.1) is 0 Å². The summed E-state index contributed by atoms with van der Waals surface area (Å²) in [5.41, 5.74) is 0.686. The molecule has 2 nitrogen and oxygen atoms in total. The van der Waals surface area contributed by atoms with Crippen LogP contribution in [0.5, 0.6) is 0 Å². The van der Waals surface area contributed by atoms with E-state index in [-0.39, 0.29) is 11.9 Å². The zero-order valence-corrected chi connectivity index (χ0v) is 12.7. The molecule has 0 unspecified atom stereocenters. The Kier molecular flexibility index (Phi) is 3.72. The minimum Gasteiger partial charge on any atom is -0.331 e. The molecule has 1 aromatic heterocycles. The third kappa shape index (κ3) is 2.63. The maximum Gasteiger partial charge on any atom is 0.416 e. The highest BCUT2D eigenvalue weighted by atomic mass is 32.1. The molecule has 2 aromatic rings. The Balaban J connectivity index is 1.83. The van der Waals surface area contributed by atoms with E-state index >= 15 is 0 Å². The van der Waals surface area contributed by atoms with Crippen LogP contribution in [0.1, 0.15) is 39.3 Å². The van der Waals surface area contributed by atoms with Crippen LogP contribution in [0.2, 0.25) is 0 Å². The summed E-state index contributed by atoms with van der Waals surface area (Å²) in [7, 11) is 0. The monoisotopic (exact) mass is 325 g/mol. The van der Waals surface area contributed by atoms with Crippen LogP contribution in [-0.2, 0) is 12.6 Å². The van der Waals surface area contributed by atoms with Crippen molar-refractivity contribution in [3.05, 3.63) is 57.3 Å². The molecule has 1 aromatic carbocycles. The van der Waals surface area contributed by atoms with Gasteiger partial charge in [0.05, 0.1) is 11.6 Å². The number of halogens is 3. The summed E-state index contributed by atoms with van der Waals surface area (Å²) in [4.78, 5) is 15.6. The number of alkyl halides is 3. The molecule has 2 heterocycles. The van der Waals surface area contributed by atoms with Gasteiger partial charge in [-0.2, -0.15) is 13.2 Å². The standard InChI is InChI=1S/C16H14F3NOS/c1-10-13-7-9-22-14(13)6-8-20(10)15(21)11-2-4-12(5-3-11)16(17,18)19/h2-5,7,9-10H,6,8H2,1H3/t10-/m0/s1. The van der Waals surface area contributed by atoms with Crippen molar-refractivity contribution >= 4 is 17.2 Å². The lowest BCUT2D eigenvalue weighted by Crippen LogP contribution is -2.38. The van der Waals surface area contributed by atoms with E-state index in [1.54, 1.807) is 16.2 Å². The van der Waals surface area contributed by atoms with Gasteiger partial charge >= 0.3 is 6.18 Å². The van der Waals surface area contributed by atoms with Gasteiger partial charge in [0, 0.05) is 17.0 Å². The third-order valence-electron chi connectivity index (χ3n) is 4.00. The summed E-state index contributed by atoms with van der Waals surface area (Å²) in [6.45, 7) is 2.54. The first kappa shape index (κ1) is 15.1. The lowest BCUT2D eigenvalue weighted by molar-refractivity contribution is -0.137. The Labute approximate surface area is 130 Å². The SMILES string of the molecule is C[C@H]1c2ccsc2CCN1C(=O)c1ccc(C(F)(F)F)cc1. The van der Waals surface area contributed by atoms with Crippen LogP contribution < -0.4 is 0 Å². The summed E-state index contributed by atoms with van der Waals surface area (Å²) in [5.74, 6) is -0.224. The number of amides is 1. The van der Waals surface area contributed by atoms with Gasteiger partial charge in [-0.25, -0.2) is 0 Å². The predicted molar refractivity (Wildman–Crippen MR) is 78.9 cm³/mol. The molecule has 0 aliphatic carbocycles. The third-order valence-corrected chi connectivity index (χ3v) is 4.99. The molecule has 0 fully saturated rings. The van der Waals surface area contributed by atoms with Crippen molar-refractivity contribution in [2.45, 2.75) is 25.6 Å². The Morgan fingerprint density at radius 3 is 2.55 bits per heavy atom. The van der Waals surface area contributed by atoms with Gasteiger partial charge in [-0.1, -0.05) is 0 Å². The number of carbonyl (C=O) groups excluding carboxylic acids is 1. The highest BCUT2D eigenvalue weighted by molar-refractivity contribution is 7.10. The molecule has 1 amide bonds. The van der Waals surface area contributed by atoms with Gasteiger partial charge in [-0.3, -0.25) is 4.79 Å². The van der Waals surface area contributed by atoms with Crippen LogP contribution in [-0.4, -0.2) is 17.4 Å². The van der Waals surface area contributed by atoms with E-state index in [0.29, 0.717) is 12.1 Å². The molecule has 1 aliphatic heterocycles.